The zero-order chi connectivity index (χ0) is 19.3. The number of carbonyl (C=O) groups is 1. The quantitative estimate of drug-likeness (QED) is 0.770. The first kappa shape index (κ1) is 19.4. The SMILES string of the molecule is Cc1cccc(CC(=O)N2CCN(c3nc(CN4CCOCC4)cs3)CC2)c1. The monoisotopic (exact) mass is 400 g/mol. The van der Waals surface area contributed by atoms with Gasteiger partial charge in [-0.1, -0.05) is 29.8 Å². The topological polar surface area (TPSA) is 48.9 Å². The van der Waals surface area contributed by atoms with E-state index in [0.717, 1.165) is 75.4 Å². The largest absolute Gasteiger partial charge is 0.379 e. The van der Waals surface area contributed by atoms with Gasteiger partial charge in [0.05, 0.1) is 25.3 Å². The van der Waals surface area contributed by atoms with Crippen LogP contribution in [0.15, 0.2) is 29.6 Å². The maximum Gasteiger partial charge on any atom is 0.227 e. The number of hydrogen-bond donors (Lipinski definition) is 0. The molecule has 150 valence electrons. The number of thiazole rings is 1. The van der Waals surface area contributed by atoms with Crippen molar-refractivity contribution < 1.29 is 9.53 Å². The summed E-state index contributed by atoms with van der Waals surface area (Å²) >= 11 is 1.71. The van der Waals surface area contributed by atoms with Crippen molar-refractivity contribution in [3.63, 3.8) is 0 Å². The van der Waals surface area contributed by atoms with Gasteiger partial charge < -0.3 is 14.5 Å². The third kappa shape index (κ3) is 4.90. The van der Waals surface area contributed by atoms with Crippen molar-refractivity contribution in [3.8, 4) is 0 Å². The lowest BCUT2D eigenvalue weighted by Crippen LogP contribution is -2.49. The van der Waals surface area contributed by atoms with Crippen LogP contribution in [0.2, 0.25) is 0 Å². The minimum absolute atomic E-state index is 0.220. The zero-order valence-corrected chi connectivity index (χ0v) is 17.3. The Balaban J connectivity index is 1.27. The second kappa shape index (κ2) is 9.03. The Morgan fingerprint density at radius 2 is 1.93 bits per heavy atom. The summed E-state index contributed by atoms with van der Waals surface area (Å²) in [7, 11) is 0. The summed E-state index contributed by atoms with van der Waals surface area (Å²) in [5, 5.41) is 3.24. The van der Waals surface area contributed by atoms with E-state index >= 15 is 0 Å². The lowest BCUT2D eigenvalue weighted by atomic mass is 10.1. The highest BCUT2D eigenvalue weighted by Crippen LogP contribution is 2.23. The third-order valence-electron chi connectivity index (χ3n) is 5.37. The molecule has 0 unspecified atom stereocenters. The molecule has 0 atom stereocenters. The summed E-state index contributed by atoms with van der Waals surface area (Å²) in [6.07, 6.45) is 0.489. The van der Waals surface area contributed by atoms with Gasteiger partial charge in [0.1, 0.15) is 0 Å². The Morgan fingerprint density at radius 1 is 1.14 bits per heavy atom. The van der Waals surface area contributed by atoms with Crippen LogP contribution in [0.4, 0.5) is 5.13 Å². The predicted molar refractivity (Wildman–Crippen MR) is 112 cm³/mol. The van der Waals surface area contributed by atoms with Crippen molar-refractivity contribution in [1.82, 2.24) is 14.8 Å². The number of amides is 1. The van der Waals surface area contributed by atoms with Crippen molar-refractivity contribution in [2.75, 3.05) is 57.4 Å². The minimum atomic E-state index is 0.220. The minimum Gasteiger partial charge on any atom is -0.379 e. The summed E-state index contributed by atoms with van der Waals surface area (Å²) in [5.74, 6) is 0.220. The molecule has 0 saturated carbocycles. The van der Waals surface area contributed by atoms with Gasteiger partial charge >= 0.3 is 0 Å². The number of ether oxygens (including phenoxy) is 1. The Kier molecular flexibility index (Phi) is 6.24. The number of hydrogen-bond acceptors (Lipinski definition) is 6. The molecular weight excluding hydrogens is 372 g/mol. The fourth-order valence-corrected chi connectivity index (χ4v) is 4.63. The lowest BCUT2D eigenvalue weighted by Gasteiger charge is -2.34. The molecule has 2 fully saturated rings. The molecule has 3 heterocycles. The van der Waals surface area contributed by atoms with Gasteiger partial charge in [-0.3, -0.25) is 9.69 Å². The number of rotatable bonds is 5. The predicted octanol–water partition coefficient (Wildman–Crippen LogP) is 2.18. The van der Waals surface area contributed by atoms with Crippen LogP contribution >= 0.6 is 11.3 Å². The Morgan fingerprint density at radius 3 is 2.68 bits per heavy atom. The maximum absolute atomic E-state index is 12.6. The molecule has 0 N–H and O–H groups in total. The average molecular weight is 401 g/mol. The van der Waals surface area contributed by atoms with E-state index in [4.69, 9.17) is 9.72 Å². The fraction of sp³-hybridized carbons (Fsp3) is 0.524. The van der Waals surface area contributed by atoms with Gasteiger partial charge in [-0.15, -0.1) is 11.3 Å². The summed E-state index contributed by atoms with van der Waals surface area (Å²) in [5.41, 5.74) is 3.44. The van der Waals surface area contributed by atoms with Crippen LogP contribution in [0, 0.1) is 6.92 Å². The van der Waals surface area contributed by atoms with Gasteiger partial charge in [-0.2, -0.15) is 0 Å². The summed E-state index contributed by atoms with van der Waals surface area (Å²) in [6, 6.07) is 8.22. The van der Waals surface area contributed by atoms with E-state index < -0.39 is 0 Å². The smallest absolute Gasteiger partial charge is 0.227 e. The van der Waals surface area contributed by atoms with E-state index in [-0.39, 0.29) is 5.91 Å². The van der Waals surface area contributed by atoms with E-state index in [9.17, 15) is 4.79 Å². The molecule has 0 bridgehead atoms. The van der Waals surface area contributed by atoms with Gasteiger partial charge in [-0.05, 0) is 12.5 Å². The molecule has 2 aliphatic rings. The highest BCUT2D eigenvalue weighted by molar-refractivity contribution is 7.13. The first-order valence-corrected chi connectivity index (χ1v) is 10.9. The number of piperazine rings is 1. The molecule has 0 radical (unpaired) electrons. The van der Waals surface area contributed by atoms with Gasteiger partial charge in [0, 0.05) is 51.2 Å². The van der Waals surface area contributed by atoms with Crippen molar-refractivity contribution in [2.24, 2.45) is 0 Å². The number of carbonyl (C=O) groups excluding carboxylic acids is 1. The number of nitrogens with zero attached hydrogens (tertiary/aromatic N) is 4. The summed E-state index contributed by atoms with van der Waals surface area (Å²) in [4.78, 5) is 24.1. The van der Waals surface area contributed by atoms with E-state index in [1.165, 1.54) is 5.56 Å². The van der Waals surface area contributed by atoms with E-state index in [2.05, 4.69) is 34.2 Å². The van der Waals surface area contributed by atoms with Crippen LogP contribution in [0.25, 0.3) is 0 Å². The zero-order valence-electron chi connectivity index (χ0n) is 16.5. The fourth-order valence-electron chi connectivity index (χ4n) is 3.76. The van der Waals surface area contributed by atoms with Crippen LogP contribution in [0.3, 0.4) is 0 Å². The van der Waals surface area contributed by atoms with Crippen LogP contribution in [0.1, 0.15) is 16.8 Å². The first-order valence-electron chi connectivity index (χ1n) is 10.0. The Bertz CT molecular complexity index is 795. The van der Waals surface area contributed by atoms with Gasteiger partial charge in [0.15, 0.2) is 5.13 Å². The van der Waals surface area contributed by atoms with Crippen molar-refractivity contribution in [1.29, 1.82) is 0 Å². The average Bonchev–Trinajstić information content (AvgIpc) is 3.17. The van der Waals surface area contributed by atoms with E-state index in [0.29, 0.717) is 6.42 Å². The number of aryl methyl sites for hydroxylation is 1. The van der Waals surface area contributed by atoms with Crippen molar-refractivity contribution in [3.05, 3.63) is 46.5 Å². The normalized spacial score (nSPS) is 18.5. The number of benzene rings is 1. The first-order chi connectivity index (χ1) is 13.7. The molecule has 2 aliphatic heterocycles. The molecule has 4 rings (SSSR count). The molecule has 1 amide bonds. The van der Waals surface area contributed by atoms with Crippen molar-refractivity contribution in [2.45, 2.75) is 19.9 Å². The maximum atomic E-state index is 12.6. The number of morpholine rings is 1. The standard InChI is InChI=1S/C21H28N4O2S/c1-17-3-2-4-18(13-17)14-20(26)24-5-7-25(8-6-24)21-22-19(16-28-21)15-23-9-11-27-12-10-23/h2-4,13,16H,5-12,14-15H2,1H3. The molecule has 7 heteroatoms. The summed E-state index contributed by atoms with van der Waals surface area (Å²) in [6.45, 7) is 9.79. The molecule has 0 aliphatic carbocycles. The van der Waals surface area contributed by atoms with E-state index in [1.54, 1.807) is 11.3 Å². The Hall–Kier alpha value is -1.96. The highest BCUT2D eigenvalue weighted by atomic mass is 32.1. The molecule has 1 aromatic carbocycles. The van der Waals surface area contributed by atoms with Crippen LogP contribution < -0.4 is 4.90 Å². The number of anilines is 1. The van der Waals surface area contributed by atoms with Gasteiger partial charge in [0.25, 0.3) is 0 Å². The van der Waals surface area contributed by atoms with Gasteiger partial charge in [0.2, 0.25) is 5.91 Å². The van der Waals surface area contributed by atoms with Gasteiger partial charge in [-0.25, -0.2) is 4.98 Å². The molecule has 2 aromatic rings. The second-order valence-electron chi connectivity index (χ2n) is 7.54. The molecule has 28 heavy (non-hydrogen) atoms. The molecule has 0 spiro atoms. The van der Waals surface area contributed by atoms with Crippen LogP contribution in [-0.2, 0) is 22.5 Å². The molecule has 2 saturated heterocycles. The lowest BCUT2D eigenvalue weighted by molar-refractivity contribution is -0.130. The number of aromatic nitrogens is 1. The van der Waals surface area contributed by atoms with Crippen LogP contribution in [-0.4, -0.2) is 73.2 Å². The summed E-state index contributed by atoms with van der Waals surface area (Å²) < 4.78 is 5.41. The third-order valence-corrected chi connectivity index (χ3v) is 6.32. The molecule has 6 nitrogen and oxygen atoms in total. The van der Waals surface area contributed by atoms with Crippen molar-refractivity contribution >= 4 is 22.4 Å². The molecule has 1 aromatic heterocycles. The Labute approximate surface area is 170 Å². The van der Waals surface area contributed by atoms with Crippen LogP contribution in [0.5, 0.6) is 0 Å². The highest BCUT2D eigenvalue weighted by Gasteiger charge is 2.23. The second-order valence-corrected chi connectivity index (χ2v) is 8.38. The molecular formula is C21H28N4O2S. The van der Waals surface area contributed by atoms with E-state index in [1.807, 2.05) is 17.0 Å².